The van der Waals surface area contributed by atoms with Crippen LogP contribution in [0, 0.1) is 13.8 Å². The predicted octanol–water partition coefficient (Wildman–Crippen LogP) is 2.55. The highest BCUT2D eigenvalue weighted by Gasteiger charge is 1.96. The van der Waals surface area contributed by atoms with E-state index in [-0.39, 0.29) is 8.41 Å². The first-order valence-corrected chi connectivity index (χ1v) is 6.14. The zero-order valence-corrected chi connectivity index (χ0v) is 10.7. The SMILES string of the molecule is Cc1cccc(Pc2cccc(C)c2)c1.[B]. The first kappa shape index (κ1) is 13.0. The van der Waals surface area contributed by atoms with Gasteiger partial charge < -0.3 is 0 Å². The zero-order chi connectivity index (χ0) is 10.7. The molecule has 2 aromatic carbocycles. The number of hydrogen-bond acceptors (Lipinski definition) is 0. The number of hydrogen-bond donors (Lipinski definition) is 0. The molecule has 0 atom stereocenters. The molecule has 0 aliphatic rings. The largest absolute Gasteiger partial charge is 0.0614 e. The summed E-state index contributed by atoms with van der Waals surface area (Å²) in [4.78, 5) is 0. The van der Waals surface area contributed by atoms with Crippen molar-refractivity contribution in [1.82, 2.24) is 0 Å². The van der Waals surface area contributed by atoms with E-state index in [4.69, 9.17) is 0 Å². The molecule has 79 valence electrons. The van der Waals surface area contributed by atoms with Gasteiger partial charge in [-0.1, -0.05) is 68.2 Å². The lowest BCUT2D eigenvalue weighted by molar-refractivity contribution is 1.49. The van der Waals surface area contributed by atoms with Gasteiger partial charge in [0.05, 0.1) is 0 Å². The Hall–Kier alpha value is -1.07. The maximum atomic E-state index is 2.26. The molecule has 0 saturated carbocycles. The molecule has 16 heavy (non-hydrogen) atoms. The summed E-state index contributed by atoms with van der Waals surface area (Å²) in [5.41, 5.74) is 2.68. The third-order valence-corrected chi connectivity index (χ3v) is 3.52. The lowest BCUT2D eigenvalue weighted by Gasteiger charge is -2.04. The van der Waals surface area contributed by atoms with Gasteiger partial charge in [0.1, 0.15) is 0 Å². The van der Waals surface area contributed by atoms with Gasteiger partial charge in [-0.25, -0.2) is 0 Å². The molecule has 0 N–H and O–H groups in total. The molecule has 2 aromatic rings. The van der Waals surface area contributed by atoms with Crippen LogP contribution in [0.5, 0.6) is 0 Å². The minimum atomic E-state index is 0. The molecule has 0 spiro atoms. The van der Waals surface area contributed by atoms with Gasteiger partial charge in [0.15, 0.2) is 0 Å². The molecule has 0 saturated heterocycles. The molecule has 0 aliphatic carbocycles. The summed E-state index contributed by atoms with van der Waals surface area (Å²) >= 11 is 0. The monoisotopic (exact) mass is 225 g/mol. The Morgan fingerprint density at radius 3 is 1.56 bits per heavy atom. The van der Waals surface area contributed by atoms with E-state index in [0.717, 1.165) is 8.58 Å². The first-order chi connectivity index (χ1) is 7.24. The first-order valence-electron chi connectivity index (χ1n) is 5.14. The van der Waals surface area contributed by atoms with E-state index >= 15 is 0 Å². The van der Waals surface area contributed by atoms with Crippen LogP contribution in [-0.4, -0.2) is 8.41 Å². The summed E-state index contributed by atoms with van der Waals surface area (Å²) in [6, 6.07) is 17.5. The van der Waals surface area contributed by atoms with Crippen LogP contribution in [0.2, 0.25) is 0 Å². The molecule has 0 unspecified atom stereocenters. The highest BCUT2D eigenvalue weighted by atomic mass is 31.1. The Kier molecular flexibility index (Phi) is 4.77. The third-order valence-electron chi connectivity index (χ3n) is 2.32. The fraction of sp³-hybridized carbons (Fsp3) is 0.143. The van der Waals surface area contributed by atoms with Gasteiger partial charge in [0, 0.05) is 8.41 Å². The van der Waals surface area contributed by atoms with Crippen molar-refractivity contribution in [1.29, 1.82) is 0 Å². The van der Waals surface area contributed by atoms with Gasteiger partial charge in [-0.15, -0.1) is 0 Å². The summed E-state index contributed by atoms with van der Waals surface area (Å²) in [5.74, 6) is 0. The van der Waals surface area contributed by atoms with Gasteiger partial charge >= 0.3 is 0 Å². The topological polar surface area (TPSA) is 0 Å². The van der Waals surface area contributed by atoms with Crippen molar-refractivity contribution < 1.29 is 0 Å². The molecule has 2 rings (SSSR count). The number of benzene rings is 2. The van der Waals surface area contributed by atoms with Crippen molar-refractivity contribution in [2.75, 3.05) is 0 Å². The second-order valence-electron chi connectivity index (χ2n) is 3.86. The standard InChI is InChI=1S/C14H15P.B/c1-11-5-3-7-13(9-11)15-14-8-4-6-12(2)10-14;/h3-10,15H,1-2H3;. The average Bonchev–Trinajstić information content (AvgIpc) is 2.17. The lowest BCUT2D eigenvalue weighted by Crippen LogP contribution is -2.03. The van der Waals surface area contributed by atoms with Crippen LogP contribution in [0.25, 0.3) is 0 Å². The normalized spacial score (nSPS) is 9.62. The molecule has 0 amide bonds. The molecule has 0 aromatic heterocycles. The van der Waals surface area contributed by atoms with Crippen LogP contribution in [0.4, 0.5) is 0 Å². The fourth-order valence-electron chi connectivity index (χ4n) is 1.61. The van der Waals surface area contributed by atoms with Gasteiger partial charge in [0.2, 0.25) is 0 Å². The second kappa shape index (κ2) is 5.87. The highest BCUT2D eigenvalue weighted by molar-refractivity contribution is 7.55. The van der Waals surface area contributed by atoms with Crippen molar-refractivity contribution in [3.8, 4) is 0 Å². The smallest absolute Gasteiger partial charge is 0 e. The van der Waals surface area contributed by atoms with E-state index in [2.05, 4.69) is 62.4 Å². The molecule has 0 heterocycles. The van der Waals surface area contributed by atoms with Crippen LogP contribution in [-0.2, 0) is 0 Å². The molecule has 0 aliphatic heterocycles. The summed E-state index contributed by atoms with van der Waals surface area (Å²) < 4.78 is 0. The van der Waals surface area contributed by atoms with Crippen molar-refractivity contribution in [2.24, 2.45) is 0 Å². The van der Waals surface area contributed by atoms with Crippen LogP contribution < -0.4 is 10.6 Å². The van der Waals surface area contributed by atoms with E-state index < -0.39 is 0 Å². The summed E-state index contributed by atoms with van der Waals surface area (Å²) in [6.07, 6.45) is 0. The van der Waals surface area contributed by atoms with Crippen LogP contribution in [0.15, 0.2) is 48.5 Å². The fourth-order valence-corrected chi connectivity index (χ4v) is 2.90. The van der Waals surface area contributed by atoms with Crippen molar-refractivity contribution in [3.63, 3.8) is 0 Å². The minimum Gasteiger partial charge on any atom is -0.0614 e. The summed E-state index contributed by atoms with van der Waals surface area (Å²) in [5, 5.41) is 2.83. The highest BCUT2D eigenvalue weighted by Crippen LogP contribution is 2.12. The Balaban J connectivity index is 0.00000128. The predicted molar refractivity (Wildman–Crippen MR) is 75.7 cm³/mol. The van der Waals surface area contributed by atoms with Crippen molar-refractivity contribution >= 4 is 27.6 Å². The molecule has 0 nitrogen and oxygen atoms in total. The van der Waals surface area contributed by atoms with Crippen LogP contribution >= 0.6 is 8.58 Å². The molecule has 0 fully saturated rings. The molecule has 2 heteroatoms. The molecule has 0 bridgehead atoms. The molecular weight excluding hydrogens is 210 g/mol. The zero-order valence-electron chi connectivity index (χ0n) is 9.70. The Morgan fingerprint density at radius 2 is 1.19 bits per heavy atom. The maximum Gasteiger partial charge on any atom is 0 e. The summed E-state index contributed by atoms with van der Waals surface area (Å²) in [7, 11) is 0.770. The van der Waals surface area contributed by atoms with E-state index in [0.29, 0.717) is 0 Å². The van der Waals surface area contributed by atoms with Crippen LogP contribution in [0.3, 0.4) is 0 Å². The quantitative estimate of drug-likeness (QED) is 0.544. The Morgan fingerprint density at radius 1 is 0.750 bits per heavy atom. The average molecular weight is 225 g/mol. The van der Waals surface area contributed by atoms with E-state index in [1.165, 1.54) is 21.7 Å². The minimum absolute atomic E-state index is 0. The molecule has 3 radical (unpaired) electrons. The van der Waals surface area contributed by atoms with Gasteiger partial charge in [-0.2, -0.15) is 0 Å². The number of rotatable bonds is 2. The Labute approximate surface area is 101 Å². The summed E-state index contributed by atoms with van der Waals surface area (Å²) in [6.45, 7) is 4.29. The number of aryl methyl sites for hydroxylation is 2. The van der Waals surface area contributed by atoms with Crippen molar-refractivity contribution in [3.05, 3.63) is 59.7 Å². The van der Waals surface area contributed by atoms with Gasteiger partial charge in [-0.3, -0.25) is 0 Å². The van der Waals surface area contributed by atoms with E-state index in [1.807, 2.05) is 0 Å². The third kappa shape index (κ3) is 3.50. The Bertz CT molecular complexity index is 422. The van der Waals surface area contributed by atoms with Gasteiger partial charge in [0.25, 0.3) is 0 Å². The van der Waals surface area contributed by atoms with Crippen LogP contribution in [0.1, 0.15) is 11.1 Å². The van der Waals surface area contributed by atoms with E-state index in [1.54, 1.807) is 0 Å². The van der Waals surface area contributed by atoms with E-state index in [9.17, 15) is 0 Å². The lowest BCUT2D eigenvalue weighted by atomic mass is 10.2. The van der Waals surface area contributed by atoms with Gasteiger partial charge in [-0.05, 0) is 24.5 Å². The van der Waals surface area contributed by atoms with Crippen molar-refractivity contribution in [2.45, 2.75) is 13.8 Å². The molecular formula is C14H15BP. The maximum absolute atomic E-state index is 2.26. The second-order valence-corrected chi connectivity index (χ2v) is 5.27.